The first kappa shape index (κ1) is 26.8. The predicted octanol–water partition coefficient (Wildman–Crippen LogP) is 1.57. The molecule has 3 aromatic heterocycles. The van der Waals surface area contributed by atoms with E-state index in [9.17, 15) is 19.2 Å². The van der Waals surface area contributed by atoms with E-state index in [-0.39, 0.29) is 29.2 Å². The van der Waals surface area contributed by atoms with Crippen LogP contribution in [0.15, 0.2) is 70.6 Å². The molecule has 0 saturated carbocycles. The Labute approximate surface area is 191 Å². The molecule has 0 bridgehead atoms. The summed E-state index contributed by atoms with van der Waals surface area (Å²) in [7, 11) is 4.74. The highest BCUT2D eigenvalue weighted by atomic mass is 16.5. The molecule has 10 heteroatoms. The molecule has 0 radical (unpaired) electrons. The molecule has 1 amide bonds. The van der Waals surface area contributed by atoms with Crippen molar-refractivity contribution in [2.24, 2.45) is 0 Å². The number of aromatic nitrogens is 3. The van der Waals surface area contributed by atoms with E-state index in [0.29, 0.717) is 12.3 Å². The number of amides is 1. The second-order valence-corrected chi connectivity index (χ2v) is 6.60. The minimum absolute atomic E-state index is 0.0255. The van der Waals surface area contributed by atoms with Gasteiger partial charge in [0.15, 0.2) is 11.5 Å². The largest absolute Gasteiger partial charge is 0.497 e. The van der Waals surface area contributed by atoms with Crippen molar-refractivity contribution >= 4 is 11.7 Å². The Balaban J connectivity index is 0.000000221. The Kier molecular flexibility index (Phi) is 12.0. The SMILES string of the molecule is CN1CC(=O)CC1=O.COc1ccc[nH]c1=O.COc1ccnc(C)c1.O=c1cccc[nH]1. The number of likely N-dealkylation sites (tertiary alicyclic amines) is 1. The van der Waals surface area contributed by atoms with Crippen LogP contribution in [0.1, 0.15) is 12.1 Å². The van der Waals surface area contributed by atoms with Gasteiger partial charge in [0.1, 0.15) is 5.75 Å². The number of carbonyl (C=O) groups is 2. The summed E-state index contributed by atoms with van der Waals surface area (Å²) in [5.41, 5.74) is 0.733. The van der Waals surface area contributed by atoms with Gasteiger partial charge in [-0.05, 0) is 31.2 Å². The van der Waals surface area contributed by atoms with Crippen LogP contribution in [0.25, 0.3) is 0 Å². The molecule has 10 nitrogen and oxygen atoms in total. The maximum absolute atomic E-state index is 10.7. The molecule has 176 valence electrons. The molecule has 1 aliphatic rings. The summed E-state index contributed by atoms with van der Waals surface area (Å²) in [6, 6.07) is 12.0. The monoisotopic (exact) mass is 456 g/mol. The van der Waals surface area contributed by atoms with E-state index in [1.165, 1.54) is 18.1 Å². The number of pyridine rings is 3. The van der Waals surface area contributed by atoms with E-state index in [1.807, 2.05) is 19.1 Å². The molecule has 4 rings (SSSR count). The van der Waals surface area contributed by atoms with Crippen molar-refractivity contribution in [3.05, 3.63) is 87.5 Å². The summed E-state index contributed by atoms with van der Waals surface area (Å²) in [4.78, 5) is 52.2. The van der Waals surface area contributed by atoms with E-state index < -0.39 is 0 Å². The lowest BCUT2D eigenvalue weighted by molar-refractivity contribution is -0.126. The van der Waals surface area contributed by atoms with Crippen LogP contribution in [0.3, 0.4) is 0 Å². The van der Waals surface area contributed by atoms with Crippen LogP contribution >= 0.6 is 0 Å². The third kappa shape index (κ3) is 11.1. The van der Waals surface area contributed by atoms with Crippen molar-refractivity contribution in [2.45, 2.75) is 13.3 Å². The smallest absolute Gasteiger partial charge is 0.290 e. The molecular formula is C23H28N4O6. The van der Waals surface area contributed by atoms with Gasteiger partial charge in [0.2, 0.25) is 11.5 Å². The fourth-order valence-corrected chi connectivity index (χ4v) is 2.30. The standard InChI is InChI=1S/C7H9NO.C6H7NO2.C5H7NO2.C5H5NO/c1-6-5-7(9-2)3-4-8-6;1-9-5-3-2-4-7-6(5)8;1-6-3-4(7)2-5(6)8;7-5-3-1-2-4-6-5/h3-5H,1-2H3;2-4H,1H3,(H,7,8);2-3H2,1H3;1-4H,(H,6,7). The number of hydrogen-bond donors (Lipinski definition) is 2. The number of nitrogens with zero attached hydrogens (tertiary/aromatic N) is 2. The van der Waals surface area contributed by atoms with Gasteiger partial charge in [0, 0.05) is 43.5 Å². The average molecular weight is 456 g/mol. The third-order valence-corrected chi connectivity index (χ3v) is 3.97. The minimum atomic E-state index is -0.194. The Hall–Kier alpha value is -4.21. The molecule has 0 unspecified atom stereocenters. The third-order valence-electron chi connectivity index (χ3n) is 3.97. The lowest BCUT2D eigenvalue weighted by Gasteiger charge is -2.01. The summed E-state index contributed by atoms with van der Waals surface area (Å²) in [5, 5.41) is 0. The van der Waals surface area contributed by atoms with Crippen molar-refractivity contribution in [1.29, 1.82) is 0 Å². The summed E-state index contributed by atoms with van der Waals surface area (Å²) in [6.45, 7) is 2.24. The lowest BCUT2D eigenvalue weighted by Crippen LogP contribution is -2.18. The lowest BCUT2D eigenvalue weighted by atomic mass is 10.3. The fraction of sp³-hybridized carbons (Fsp3) is 0.261. The molecule has 2 N–H and O–H groups in total. The number of likely N-dealkylation sites (N-methyl/N-ethyl adjacent to an activating group) is 1. The summed E-state index contributed by atoms with van der Waals surface area (Å²) in [5.74, 6) is 1.17. The second-order valence-electron chi connectivity index (χ2n) is 6.60. The first-order valence-electron chi connectivity index (χ1n) is 9.84. The zero-order valence-electron chi connectivity index (χ0n) is 19.0. The number of ketones is 1. The number of nitrogens with one attached hydrogen (secondary N) is 2. The maximum Gasteiger partial charge on any atom is 0.290 e. The molecular weight excluding hydrogens is 428 g/mol. The maximum atomic E-state index is 10.7. The number of ether oxygens (including phenoxy) is 2. The average Bonchev–Trinajstić information content (AvgIpc) is 3.10. The van der Waals surface area contributed by atoms with Crippen LogP contribution in [-0.2, 0) is 9.59 Å². The Bertz CT molecular complexity index is 1110. The number of aryl methyl sites for hydroxylation is 1. The molecule has 1 saturated heterocycles. The quantitative estimate of drug-likeness (QED) is 0.559. The highest BCUT2D eigenvalue weighted by Gasteiger charge is 2.23. The van der Waals surface area contributed by atoms with Gasteiger partial charge >= 0.3 is 0 Å². The number of hydrogen-bond acceptors (Lipinski definition) is 7. The van der Waals surface area contributed by atoms with Gasteiger partial charge in [-0.15, -0.1) is 0 Å². The first-order valence-corrected chi connectivity index (χ1v) is 9.84. The van der Waals surface area contributed by atoms with Crippen molar-refractivity contribution < 1.29 is 19.1 Å². The fourth-order valence-electron chi connectivity index (χ4n) is 2.30. The Morgan fingerprint density at radius 1 is 0.939 bits per heavy atom. The van der Waals surface area contributed by atoms with Crippen LogP contribution in [0.2, 0.25) is 0 Å². The van der Waals surface area contributed by atoms with E-state index in [2.05, 4.69) is 15.0 Å². The van der Waals surface area contributed by atoms with Crippen LogP contribution in [0, 0.1) is 6.92 Å². The Morgan fingerprint density at radius 3 is 2.00 bits per heavy atom. The summed E-state index contributed by atoms with van der Waals surface area (Å²) >= 11 is 0. The molecule has 0 aliphatic carbocycles. The molecule has 1 fully saturated rings. The zero-order valence-corrected chi connectivity index (χ0v) is 19.0. The first-order chi connectivity index (χ1) is 15.8. The van der Waals surface area contributed by atoms with E-state index in [4.69, 9.17) is 9.47 Å². The van der Waals surface area contributed by atoms with Gasteiger partial charge in [-0.3, -0.25) is 24.2 Å². The molecule has 4 heterocycles. The van der Waals surface area contributed by atoms with Crippen LogP contribution in [0.5, 0.6) is 11.5 Å². The van der Waals surface area contributed by atoms with Gasteiger partial charge in [-0.1, -0.05) is 6.07 Å². The highest BCUT2D eigenvalue weighted by Crippen LogP contribution is 2.07. The number of Topliss-reactive ketones (excluding diaryl/α,β-unsaturated/α-hetero) is 1. The van der Waals surface area contributed by atoms with Crippen LogP contribution < -0.4 is 20.6 Å². The molecule has 33 heavy (non-hydrogen) atoms. The van der Waals surface area contributed by atoms with Crippen molar-refractivity contribution in [2.75, 3.05) is 27.8 Å². The normalized spacial score (nSPS) is 11.7. The van der Waals surface area contributed by atoms with Crippen LogP contribution in [-0.4, -0.2) is 59.4 Å². The predicted molar refractivity (Wildman–Crippen MR) is 123 cm³/mol. The zero-order chi connectivity index (χ0) is 24.6. The van der Waals surface area contributed by atoms with Gasteiger partial charge in [-0.25, -0.2) is 0 Å². The van der Waals surface area contributed by atoms with Gasteiger partial charge in [0.25, 0.3) is 5.56 Å². The number of methoxy groups -OCH3 is 2. The summed E-state index contributed by atoms with van der Waals surface area (Å²) < 4.78 is 9.66. The van der Waals surface area contributed by atoms with Crippen LogP contribution in [0.4, 0.5) is 0 Å². The van der Waals surface area contributed by atoms with Crippen molar-refractivity contribution in [3.63, 3.8) is 0 Å². The van der Waals surface area contributed by atoms with Gasteiger partial charge in [0.05, 0.1) is 27.2 Å². The van der Waals surface area contributed by atoms with Gasteiger partial charge in [-0.2, -0.15) is 0 Å². The second kappa shape index (κ2) is 14.7. The van der Waals surface area contributed by atoms with Crippen molar-refractivity contribution in [3.8, 4) is 11.5 Å². The summed E-state index contributed by atoms with van der Waals surface area (Å²) in [6.07, 6.45) is 5.00. The van der Waals surface area contributed by atoms with E-state index in [0.717, 1.165) is 11.4 Å². The number of rotatable bonds is 2. The molecule has 0 atom stereocenters. The van der Waals surface area contributed by atoms with Crippen molar-refractivity contribution in [1.82, 2.24) is 19.9 Å². The number of aromatic amines is 2. The highest BCUT2D eigenvalue weighted by molar-refractivity contribution is 6.05. The molecule has 1 aliphatic heterocycles. The van der Waals surface area contributed by atoms with E-state index >= 15 is 0 Å². The number of carbonyl (C=O) groups excluding carboxylic acids is 2. The molecule has 0 aromatic carbocycles. The molecule has 3 aromatic rings. The number of H-pyrrole nitrogens is 2. The topological polar surface area (TPSA) is 134 Å². The molecule has 0 spiro atoms. The minimum Gasteiger partial charge on any atom is -0.497 e. The Morgan fingerprint density at radius 2 is 1.67 bits per heavy atom. The van der Waals surface area contributed by atoms with E-state index in [1.54, 1.807) is 57.0 Å². The van der Waals surface area contributed by atoms with Gasteiger partial charge < -0.3 is 24.3 Å².